The predicted octanol–water partition coefficient (Wildman–Crippen LogP) is 1.22. The van der Waals surface area contributed by atoms with Crippen molar-refractivity contribution in [2.24, 2.45) is 0 Å². The topological polar surface area (TPSA) is 3.24 Å². The van der Waals surface area contributed by atoms with E-state index in [1.165, 1.54) is 35.2 Å². The number of rotatable bonds is 4. The van der Waals surface area contributed by atoms with Crippen LogP contribution in [0.1, 0.15) is 24.1 Å². The third-order valence-corrected chi connectivity index (χ3v) is 5.64. The number of halogens is 2. The Kier molecular flexibility index (Phi) is 6.70. The number of quaternary nitrogens is 1. The maximum absolute atomic E-state index is 6.54. The molecule has 1 heterocycles. The number of likely N-dealkylation sites (N-methyl/N-ethyl adjacent to an activating group) is 1. The molecule has 0 radical (unpaired) electrons. The molecule has 0 N–H and O–H groups in total. The van der Waals surface area contributed by atoms with Crippen LogP contribution in [0, 0.1) is 0 Å². The molecule has 0 saturated carbocycles. The number of piperazine rings is 1. The summed E-state index contributed by atoms with van der Waals surface area (Å²) >= 11 is 6.54. The summed E-state index contributed by atoms with van der Waals surface area (Å²) in [6.45, 7) is 8.10. The normalized spacial score (nSPS) is 18.6. The predicted molar refractivity (Wildman–Crippen MR) is 97.8 cm³/mol. The van der Waals surface area contributed by atoms with Crippen LogP contribution in [0.2, 0.25) is 5.02 Å². The molecule has 3 rings (SSSR count). The lowest BCUT2D eigenvalue weighted by Crippen LogP contribution is -3.00. The first-order valence-corrected chi connectivity index (χ1v) is 8.88. The van der Waals surface area contributed by atoms with Gasteiger partial charge < -0.3 is 16.9 Å². The van der Waals surface area contributed by atoms with Gasteiger partial charge >= 0.3 is 0 Å². The van der Waals surface area contributed by atoms with Crippen LogP contribution in [0.5, 0.6) is 0 Å². The molecule has 1 aliphatic heterocycles. The van der Waals surface area contributed by atoms with Crippen molar-refractivity contribution in [1.29, 1.82) is 0 Å². The largest absolute Gasteiger partial charge is 1.00 e. The van der Waals surface area contributed by atoms with Crippen molar-refractivity contribution >= 4 is 11.6 Å². The Labute approximate surface area is 157 Å². The van der Waals surface area contributed by atoms with Crippen LogP contribution in [-0.2, 0) is 0 Å². The van der Waals surface area contributed by atoms with Gasteiger partial charge in [-0.05, 0) is 24.1 Å². The van der Waals surface area contributed by atoms with Gasteiger partial charge in [-0.3, -0.25) is 4.90 Å². The van der Waals surface area contributed by atoms with Crippen LogP contribution in [0.15, 0.2) is 54.6 Å². The van der Waals surface area contributed by atoms with Crippen molar-refractivity contribution in [1.82, 2.24) is 4.90 Å². The Morgan fingerprint density at radius 2 is 1.58 bits per heavy atom. The highest BCUT2D eigenvalue weighted by Gasteiger charge is 2.32. The van der Waals surface area contributed by atoms with Crippen molar-refractivity contribution < 1.29 is 16.9 Å². The fourth-order valence-electron chi connectivity index (χ4n) is 3.46. The fraction of sp³-hybridized carbons (Fsp3) is 0.400. The number of hydrogen-bond donors (Lipinski definition) is 0. The Hall–Kier alpha value is -1.06. The maximum Gasteiger partial charge on any atom is 0.0914 e. The van der Waals surface area contributed by atoms with E-state index < -0.39 is 0 Å². The summed E-state index contributed by atoms with van der Waals surface area (Å²) in [7, 11) is 2.37. The van der Waals surface area contributed by atoms with E-state index >= 15 is 0 Å². The molecule has 1 atom stereocenters. The minimum atomic E-state index is 0. The Morgan fingerprint density at radius 1 is 1.00 bits per heavy atom. The van der Waals surface area contributed by atoms with Gasteiger partial charge in [-0.2, -0.15) is 0 Å². The van der Waals surface area contributed by atoms with Gasteiger partial charge in [0.1, 0.15) is 0 Å². The molecule has 2 nitrogen and oxygen atoms in total. The highest BCUT2D eigenvalue weighted by Crippen LogP contribution is 2.34. The number of benzene rings is 2. The summed E-state index contributed by atoms with van der Waals surface area (Å²) in [5.74, 6) is 0. The van der Waals surface area contributed by atoms with Crippen molar-refractivity contribution in [2.75, 3.05) is 39.8 Å². The van der Waals surface area contributed by atoms with Gasteiger partial charge in [0.2, 0.25) is 0 Å². The SMILES string of the molecule is CC[N+]1(C)CCN(C(c2ccccc2)c2ccccc2Cl)CC1.[Cl-]. The first kappa shape index (κ1) is 19.3. The average molecular weight is 365 g/mol. The van der Waals surface area contributed by atoms with Gasteiger partial charge in [-0.25, -0.2) is 0 Å². The zero-order valence-electron chi connectivity index (χ0n) is 14.5. The highest BCUT2D eigenvalue weighted by atomic mass is 35.5. The van der Waals surface area contributed by atoms with Crippen LogP contribution < -0.4 is 12.4 Å². The lowest BCUT2D eigenvalue weighted by atomic mass is 9.96. The van der Waals surface area contributed by atoms with Gasteiger partial charge in [-0.15, -0.1) is 0 Å². The smallest absolute Gasteiger partial charge is 0.0914 e. The van der Waals surface area contributed by atoms with Crippen LogP contribution in [0.3, 0.4) is 0 Å². The number of hydrogen-bond acceptors (Lipinski definition) is 1. The van der Waals surface area contributed by atoms with Crippen molar-refractivity contribution in [3.8, 4) is 0 Å². The van der Waals surface area contributed by atoms with Gasteiger partial charge in [0.25, 0.3) is 0 Å². The van der Waals surface area contributed by atoms with Crippen LogP contribution >= 0.6 is 11.6 Å². The summed E-state index contributed by atoms with van der Waals surface area (Å²) in [5.41, 5.74) is 2.54. The zero-order valence-corrected chi connectivity index (χ0v) is 16.0. The van der Waals surface area contributed by atoms with E-state index in [0.29, 0.717) is 0 Å². The molecule has 1 saturated heterocycles. The molecule has 4 heteroatoms. The van der Waals surface area contributed by atoms with Crippen molar-refractivity contribution in [3.63, 3.8) is 0 Å². The molecule has 1 unspecified atom stereocenters. The molecular weight excluding hydrogens is 339 g/mol. The quantitative estimate of drug-likeness (QED) is 0.737. The molecule has 0 aliphatic carbocycles. The molecule has 0 spiro atoms. The highest BCUT2D eigenvalue weighted by molar-refractivity contribution is 6.31. The molecule has 0 bridgehead atoms. The molecule has 130 valence electrons. The minimum absolute atomic E-state index is 0. The standard InChI is InChI=1S/C20H26ClN2.ClH/c1-3-23(2)15-13-22(14-16-23)20(17-9-5-4-6-10-17)18-11-7-8-12-19(18)21;/h4-12,20H,3,13-16H2,1-2H3;1H/q+1;/p-1. The minimum Gasteiger partial charge on any atom is -1.00 e. The summed E-state index contributed by atoms with van der Waals surface area (Å²) in [6, 6.07) is 19.3. The van der Waals surface area contributed by atoms with Gasteiger partial charge in [-0.1, -0.05) is 60.1 Å². The van der Waals surface area contributed by atoms with E-state index in [9.17, 15) is 0 Å². The maximum atomic E-state index is 6.54. The molecular formula is C20H26Cl2N2. The Morgan fingerprint density at radius 3 is 2.17 bits per heavy atom. The van der Waals surface area contributed by atoms with E-state index in [1.54, 1.807) is 0 Å². The first-order valence-electron chi connectivity index (χ1n) is 8.50. The average Bonchev–Trinajstić information content (AvgIpc) is 2.60. The molecule has 2 aromatic rings. The monoisotopic (exact) mass is 364 g/mol. The molecule has 24 heavy (non-hydrogen) atoms. The van der Waals surface area contributed by atoms with Gasteiger partial charge in [0.15, 0.2) is 0 Å². The number of nitrogens with zero attached hydrogens (tertiary/aromatic N) is 2. The van der Waals surface area contributed by atoms with E-state index in [1.807, 2.05) is 12.1 Å². The summed E-state index contributed by atoms with van der Waals surface area (Å²) < 4.78 is 1.17. The van der Waals surface area contributed by atoms with E-state index in [4.69, 9.17) is 11.6 Å². The summed E-state index contributed by atoms with van der Waals surface area (Å²) in [4.78, 5) is 2.59. The molecule has 1 fully saturated rings. The fourth-order valence-corrected chi connectivity index (χ4v) is 3.70. The summed E-state index contributed by atoms with van der Waals surface area (Å²) in [6.07, 6.45) is 0. The van der Waals surface area contributed by atoms with Crippen molar-refractivity contribution in [3.05, 3.63) is 70.7 Å². The molecule has 0 aromatic heterocycles. The second-order valence-corrected chi connectivity index (χ2v) is 7.16. The van der Waals surface area contributed by atoms with Crippen molar-refractivity contribution in [2.45, 2.75) is 13.0 Å². The third-order valence-electron chi connectivity index (χ3n) is 5.30. The van der Waals surface area contributed by atoms with E-state index in [2.05, 4.69) is 61.3 Å². The second-order valence-electron chi connectivity index (χ2n) is 6.75. The molecule has 1 aliphatic rings. The van der Waals surface area contributed by atoms with E-state index in [-0.39, 0.29) is 18.4 Å². The lowest BCUT2D eigenvalue weighted by molar-refractivity contribution is -0.912. The Balaban J connectivity index is 0.00000208. The first-order chi connectivity index (χ1) is 11.1. The van der Waals surface area contributed by atoms with Crippen LogP contribution in [0.25, 0.3) is 0 Å². The second kappa shape index (κ2) is 8.35. The molecule has 2 aromatic carbocycles. The van der Waals surface area contributed by atoms with Gasteiger partial charge in [0, 0.05) is 18.1 Å². The van der Waals surface area contributed by atoms with E-state index in [0.717, 1.165) is 18.1 Å². The summed E-state index contributed by atoms with van der Waals surface area (Å²) in [5, 5.41) is 0.861. The lowest BCUT2D eigenvalue weighted by Gasteiger charge is -2.44. The van der Waals surface area contributed by atoms with Crippen LogP contribution in [0.4, 0.5) is 0 Å². The zero-order chi connectivity index (χ0) is 16.3. The third kappa shape index (κ3) is 4.12. The molecule has 0 amide bonds. The van der Waals surface area contributed by atoms with Crippen LogP contribution in [-0.4, -0.2) is 49.2 Å². The Bertz CT molecular complexity index is 637. The van der Waals surface area contributed by atoms with Gasteiger partial charge in [0.05, 0.1) is 32.7 Å².